The largest absolute Gasteiger partial charge is 0.409 e. The molecule has 1 fully saturated rings. The van der Waals surface area contributed by atoms with Crippen LogP contribution >= 0.6 is 0 Å². The van der Waals surface area contributed by atoms with Gasteiger partial charge >= 0.3 is 0 Å². The van der Waals surface area contributed by atoms with Gasteiger partial charge in [0, 0.05) is 30.9 Å². The van der Waals surface area contributed by atoms with Crippen LogP contribution in [-0.2, 0) is 11.3 Å². The van der Waals surface area contributed by atoms with Crippen molar-refractivity contribution >= 4 is 5.84 Å². The highest BCUT2D eigenvalue weighted by atomic mass is 16.5. The Balaban J connectivity index is 1.96. The molecule has 0 atom stereocenters. The first-order valence-corrected chi connectivity index (χ1v) is 6.69. The normalized spacial score (nSPS) is 18.9. The fourth-order valence-corrected chi connectivity index (χ4v) is 2.29. The van der Waals surface area contributed by atoms with E-state index in [2.05, 4.69) is 10.5 Å². The summed E-state index contributed by atoms with van der Waals surface area (Å²) in [5.41, 5.74) is 7.03. The lowest BCUT2D eigenvalue weighted by Gasteiger charge is -2.36. The number of oxime groups is 1. The highest BCUT2D eigenvalue weighted by Gasteiger charge is 2.31. The topological polar surface area (TPSA) is 100 Å². The molecule has 1 aliphatic rings. The molecule has 0 saturated carbocycles. The van der Waals surface area contributed by atoms with E-state index in [9.17, 15) is 5.11 Å². The van der Waals surface area contributed by atoms with Gasteiger partial charge in [-0.15, -0.1) is 0 Å². The summed E-state index contributed by atoms with van der Waals surface area (Å²) in [6.45, 7) is 2.13. The average Bonchev–Trinajstić information content (AvgIpc) is 2.53. The summed E-state index contributed by atoms with van der Waals surface area (Å²) in [4.78, 5) is 0. The zero-order valence-electron chi connectivity index (χ0n) is 11.4. The highest BCUT2D eigenvalue weighted by Crippen LogP contribution is 2.20. The maximum Gasteiger partial charge on any atom is 0.170 e. The summed E-state index contributed by atoms with van der Waals surface area (Å²) < 4.78 is 5.33. The van der Waals surface area contributed by atoms with E-state index < -0.39 is 0 Å². The minimum atomic E-state index is -0.248. The van der Waals surface area contributed by atoms with Crippen molar-refractivity contribution in [1.29, 1.82) is 0 Å². The van der Waals surface area contributed by atoms with Gasteiger partial charge in [-0.05, 0) is 18.4 Å². The van der Waals surface area contributed by atoms with Crippen LogP contribution in [0.4, 0.5) is 0 Å². The summed E-state index contributed by atoms with van der Waals surface area (Å²) in [6, 6.07) is 7.46. The van der Waals surface area contributed by atoms with Crippen LogP contribution in [0.25, 0.3) is 0 Å². The van der Waals surface area contributed by atoms with Gasteiger partial charge in [0.05, 0.1) is 6.61 Å². The van der Waals surface area contributed by atoms with Gasteiger partial charge < -0.3 is 26.1 Å². The second-order valence-corrected chi connectivity index (χ2v) is 5.09. The average molecular weight is 279 g/mol. The van der Waals surface area contributed by atoms with Gasteiger partial charge in [0.2, 0.25) is 0 Å². The Bertz CT molecular complexity index is 453. The number of aliphatic hydroxyl groups excluding tert-OH is 1. The molecule has 1 saturated heterocycles. The maximum atomic E-state index is 9.59. The first-order chi connectivity index (χ1) is 9.69. The van der Waals surface area contributed by atoms with Crippen molar-refractivity contribution in [3.63, 3.8) is 0 Å². The molecule has 0 amide bonds. The minimum absolute atomic E-state index is 0.0979. The van der Waals surface area contributed by atoms with Crippen LogP contribution in [0, 0.1) is 0 Å². The third kappa shape index (κ3) is 3.47. The molecule has 6 heteroatoms. The third-order valence-electron chi connectivity index (χ3n) is 3.78. The van der Waals surface area contributed by atoms with Crippen molar-refractivity contribution in [2.75, 3.05) is 19.8 Å². The third-order valence-corrected chi connectivity index (χ3v) is 3.78. The quantitative estimate of drug-likeness (QED) is 0.271. The first kappa shape index (κ1) is 14.8. The number of aliphatic hydroxyl groups is 1. The van der Waals surface area contributed by atoms with Gasteiger partial charge in [-0.1, -0.05) is 29.4 Å². The number of amidine groups is 1. The van der Waals surface area contributed by atoms with Gasteiger partial charge in [0.1, 0.15) is 0 Å². The molecule has 0 radical (unpaired) electrons. The zero-order chi connectivity index (χ0) is 14.4. The maximum absolute atomic E-state index is 9.59. The summed E-state index contributed by atoms with van der Waals surface area (Å²) >= 11 is 0. The number of rotatable bonds is 5. The van der Waals surface area contributed by atoms with Crippen molar-refractivity contribution in [3.05, 3.63) is 35.4 Å². The van der Waals surface area contributed by atoms with Gasteiger partial charge in [0.25, 0.3) is 0 Å². The van der Waals surface area contributed by atoms with E-state index in [4.69, 9.17) is 15.7 Å². The Labute approximate surface area is 118 Å². The lowest BCUT2D eigenvalue weighted by Crippen LogP contribution is -2.51. The van der Waals surface area contributed by atoms with Crippen LogP contribution in [0.3, 0.4) is 0 Å². The van der Waals surface area contributed by atoms with E-state index in [1.807, 2.05) is 24.3 Å². The molecule has 0 aliphatic carbocycles. The van der Waals surface area contributed by atoms with Crippen LogP contribution in [0.15, 0.2) is 29.4 Å². The Hall–Kier alpha value is -1.63. The molecule has 0 bridgehead atoms. The molecule has 2 rings (SSSR count). The van der Waals surface area contributed by atoms with Crippen LogP contribution in [-0.4, -0.2) is 41.5 Å². The van der Waals surface area contributed by atoms with Gasteiger partial charge in [-0.25, -0.2) is 0 Å². The highest BCUT2D eigenvalue weighted by molar-refractivity contribution is 5.96. The number of hydrogen-bond acceptors (Lipinski definition) is 5. The smallest absolute Gasteiger partial charge is 0.170 e. The molecule has 6 nitrogen and oxygen atoms in total. The van der Waals surface area contributed by atoms with Crippen molar-refractivity contribution in [2.45, 2.75) is 24.9 Å². The van der Waals surface area contributed by atoms with Crippen molar-refractivity contribution in [2.24, 2.45) is 10.9 Å². The number of benzene rings is 1. The van der Waals surface area contributed by atoms with Crippen LogP contribution in [0.1, 0.15) is 24.0 Å². The van der Waals surface area contributed by atoms with Crippen LogP contribution in [0.5, 0.6) is 0 Å². The standard InChI is InChI=1S/C14H21N3O3/c15-13(17-19)12-3-1-11(2-4-12)9-16-14(10-18)5-7-20-8-6-14/h1-4,16,18-19H,5-10H2,(H2,15,17). The summed E-state index contributed by atoms with van der Waals surface area (Å²) in [5.74, 6) is 0.0979. The fraction of sp³-hybridized carbons (Fsp3) is 0.500. The lowest BCUT2D eigenvalue weighted by atomic mass is 9.90. The fourth-order valence-electron chi connectivity index (χ4n) is 2.29. The molecule has 110 valence electrons. The van der Waals surface area contributed by atoms with Crippen LogP contribution < -0.4 is 11.1 Å². The number of nitrogens with two attached hydrogens (primary N) is 1. The second kappa shape index (κ2) is 6.69. The van der Waals surface area contributed by atoms with E-state index in [1.54, 1.807) is 0 Å². The molecule has 1 heterocycles. The Kier molecular flexibility index (Phi) is 4.94. The molecule has 20 heavy (non-hydrogen) atoms. The molecular formula is C14H21N3O3. The number of hydrogen-bond donors (Lipinski definition) is 4. The molecule has 1 aliphatic heterocycles. The number of ether oxygens (including phenoxy) is 1. The van der Waals surface area contributed by atoms with Gasteiger partial charge in [-0.3, -0.25) is 0 Å². The molecule has 5 N–H and O–H groups in total. The SMILES string of the molecule is N/C(=N/O)c1ccc(CNC2(CO)CCOCC2)cc1. The molecular weight excluding hydrogens is 258 g/mol. The van der Waals surface area contributed by atoms with Gasteiger partial charge in [-0.2, -0.15) is 0 Å². The van der Waals surface area contributed by atoms with E-state index in [0.29, 0.717) is 25.3 Å². The van der Waals surface area contributed by atoms with Crippen molar-refractivity contribution < 1.29 is 15.1 Å². The summed E-state index contributed by atoms with van der Waals surface area (Å²) in [6.07, 6.45) is 1.62. The minimum Gasteiger partial charge on any atom is -0.409 e. The molecule has 0 spiro atoms. The summed E-state index contributed by atoms with van der Waals surface area (Å²) in [5, 5.41) is 24.6. The van der Waals surface area contributed by atoms with Crippen molar-refractivity contribution in [1.82, 2.24) is 5.32 Å². The van der Waals surface area contributed by atoms with Crippen molar-refractivity contribution in [3.8, 4) is 0 Å². The lowest BCUT2D eigenvalue weighted by molar-refractivity contribution is 0.0112. The zero-order valence-corrected chi connectivity index (χ0v) is 11.4. The Morgan fingerprint density at radius 2 is 1.95 bits per heavy atom. The number of nitrogens with one attached hydrogen (secondary N) is 1. The molecule has 1 aromatic rings. The Morgan fingerprint density at radius 1 is 1.30 bits per heavy atom. The van der Waals surface area contributed by atoms with Gasteiger partial charge in [0.15, 0.2) is 5.84 Å². The predicted molar refractivity (Wildman–Crippen MR) is 75.7 cm³/mol. The van der Waals surface area contributed by atoms with Crippen LogP contribution in [0.2, 0.25) is 0 Å². The second-order valence-electron chi connectivity index (χ2n) is 5.09. The first-order valence-electron chi connectivity index (χ1n) is 6.69. The van der Waals surface area contributed by atoms with E-state index >= 15 is 0 Å². The van der Waals surface area contributed by atoms with E-state index in [1.165, 1.54) is 0 Å². The monoisotopic (exact) mass is 279 g/mol. The Morgan fingerprint density at radius 3 is 2.50 bits per heavy atom. The molecule has 1 aromatic carbocycles. The number of nitrogens with zero attached hydrogens (tertiary/aromatic N) is 1. The predicted octanol–water partition coefficient (Wildman–Crippen LogP) is 0.412. The van der Waals surface area contributed by atoms with E-state index in [0.717, 1.165) is 18.4 Å². The molecule has 0 unspecified atom stereocenters. The van der Waals surface area contributed by atoms with E-state index in [-0.39, 0.29) is 18.0 Å². The molecule has 0 aromatic heterocycles. The summed E-state index contributed by atoms with van der Waals surface area (Å²) in [7, 11) is 0.